The Morgan fingerprint density at radius 1 is 1.30 bits per heavy atom. The van der Waals surface area contributed by atoms with Crippen molar-refractivity contribution in [1.29, 1.82) is 5.26 Å². The van der Waals surface area contributed by atoms with E-state index in [1.54, 1.807) is 0 Å². The van der Waals surface area contributed by atoms with Crippen LogP contribution in [-0.4, -0.2) is 16.8 Å². The summed E-state index contributed by atoms with van der Waals surface area (Å²) in [6, 6.07) is 10.0. The third kappa shape index (κ3) is 3.60. The molecule has 0 bridgehead atoms. The minimum atomic E-state index is -0.982. The van der Waals surface area contributed by atoms with Gasteiger partial charge in [0.05, 0.1) is 9.77 Å². The fraction of sp³-hybridized carbons (Fsp3) is 0.333. The van der Waals surface area contributed by atoms with Gasteiger partial charge in [-0.2, -0.15) is 5.26 Å². The number of carboxylic acids is 1. The summed E-state index contributed by atoms with van der Waals surface area (Å²) in [6.45, 7) is 8.38. The maximum absolute atomic E-state index is 11.6. The van der Waals surface area contributed by atoms with Gasteiger partial charge in [-0.1, -0.05) is 52.0 Å². The molecule has 0 aliphatic rings. The molecule has 2 aromatic rings. The highest BCUT2D eigenvalue weighted by Gasteiger charge is 2.24. The molecule has 3 nitrogen and oxygen atoms in total. The van der Waals surface area contributed by atoms with Crippen LogP contribution in [0.1, 0.15) is 48.5 Å². The van der Waals surface area contributed by atoms with Crippen LogP contribution in [0, 0.1) is 11.3 Å². The fourth-order valence-electron chi connectivity index (χ4n) is 2.31. The Morgan fingerprint density at radius 2 is 1.91 bits per heavy atom. The maximum Gasteiger partial charge on any atom is 0.346 e. The molecule has 1 aromatic heterocycles. The molecule has 23 heavy (non-hydrogen) atoms. The van der Waals surface area contributed by atoms with E-state index >= 15 is 0 Å². The molecule has 1 N–H and O–H groups in total. The second kappa shape index (κ2) is 6.77. The number of thioether (sulfide) groups is 1. The fourth-order valence-corrected chi connectivity index (χ4v) is 4.55. The van der Waals surface area contributed by atoms with Gasteiger partial charge < -0.3 is 5.11 Å². The average Bonchev–Trinajstić information content (AvgIpc) is 2.85. The summed E-state index contributed by atoms with van der Waals surface area (Å²) in [4.78, 5) is 11.8. The van der Waals surface area contributed by atoms with E-state index < -0.39 is 5.97 Å². The zero-order chi connectivity index (χ0) is 17.2. The molecule has 0 atom stereocenters. The number of nitriles is 1. The highest BCUT2D eigenvalue weighted by molar-refractivity contribution is 8.01. The summed E-state index contributed by atoms with van der Waals surface area (Å²) in [5.74, 6) is -0.180. The monoisotopic (exact) mass is 345 g/mol. The number of carbonyl (C=O) groups is 1. The standard InChI is InChI=1S/C18H19NO2S2/c1-5-22-17-13(10-19)14(15(23-17)16(20)21)11-6-8-12(9-7-11)18(2,3)4/h6-9H,5H2,1-4H3,(H,20,21). The Kier molecular flexibility index (Phi) is 5.18. The van der Waals surface area contributed by atoms with Crippen LogP contribution in [0.15, 0.2) is 28.5 Å². The summed E-state index contributed by atoms with van der Waals surface area (Å²) < 4.78 is 0.780. The van der Waals surface area contributed by atoms with Gasteiger partial charge >= 0.3 is 5.97 Å². The lowest BCUT2D eigenvalue weighted by Gasteiger charge is -2.19. The molecule has 0 spiro atoms. The number of nitrogens with zero attached hydrogens (tertiary/aromatic N) is 1. The Bertz CT molecular complexity index is 762. The van der Waals surface area contributed by atoms with Gasteiger partial charge in [0.1, 0.15) is 10.9 Å². The summed E-state index contributed by atoms with van der Waals surface area (Å²) in [5.41, 5.74) is 3.01. The Hall–Kier alpha value is -1.77. The van der Waals surface area contributed by atoms with Crippen molar-refractivity contribution in [2.45, 2.75) is 37.3 Å². The van der Waals surface area contributed by atoms with Gasteiger partial charge in [-0.15, -0.1) is 23.1 Å². The molecule has 0 saturated carbocycles. The molecule has 1 aromatic carbocycles. The molecule has 1 heterocycles. The molecular formula is C18H19NO2S2. The van der Waals surface area contributed by atoms with Gasteiger partial charge in [0.2, 0.25) is 0 Å². The molecule has 0 saturated heterocycles. The van der Waals surface area contributed by atoms with E-state index in [4.69, 9.17) is 0 Å². The second-order valence-corrected chi connectivity index (χ2v) is 8.70. The molecule has 0 fully saturated rings. The zero-order valence-electron chi connectivity index (χ0n) is 13.6. The SMILES string of the molecule is CCSc1sc(C(=O)O)c(-c2ccc(C(C)(C)C)cc2)c1C#N. The van der Waals surface area contributed by atoms with Gasteiger partial charge in [-0.25, -0.2) is 4.79 Å². The number of hydrogen-bond acceptors (Lipinski definition) is 4. The van der Waals surface area contributed by atoms with Crippen molar-refractivity contribution in [3.05, 3.63) is 40.3 Å². The van der Waals surface area contributed by atoms with Crippen LogP contribution in [0.4, 0.5) is 0 Å². The Balaban J connectivity index is 2.62. The van der Waals surface area contributed by atoms with Crippen LogP contribution in [0.3, 0.4) is 0 Å². The molecule has 0 unspecified atom stereocenters. The average molecular weight is 345 g/mol. The van der Waals surface area contributed by atoms with Crippen LogP contribution in [0.25, 0.3) is 11.1 Å². The van der Waals surface area contributed by atoms with Crippen molar-refractivity contribution >= 4 is 29.1 Å². The predicted molar refractivity (Wildman–Crippen MR) is 96.5 cm³/mol. The van der Waals surface area contributed by atoms with E-state index in [9.17, 15) is 15.2 Å². The number of thiophene rings is 1. The summed E-state index contributed by atoms with van der Waals surface area (Å²) >= 11 is 2.70. The molecule has 0 aliphatic carbocycles. The van der Waals surface area contributed by atoms with Crippen molar-refractivity contribution in [2.24, 2.45) is 0 Å². The van der Waals surface area contributed by atoms with Crippen molar-refractivity contribution in [2.75, 3.05) is 5.75 Å². The van der Waals surface area contributed by atoms with Crippen molar-refractivity contribution in [1.82, 2.24) is 0 Å². The van der Waals surface area contributed by atoms with E-state index in [1.807, 2.05) is 31.2 Å². The highest BCUT2D eigenvalue weighted by Crippen LogP contribution is 2.41. The van der Waals surface area contributed by atoms with Crippen LogP contribution in [-0.2, 0) is 5.41 Å². The molecule has 0 amide bonds. The Morgan fingerprint density at radius 3 is 2.35 bits per heavy atom. The second-order valence-electron chi connectivity index (χ2n) is 6.15. The first-order valence-corrected chi connectivity index (χ1v) is 9.13. The number of benzene rings is 1. The number of aromatic carboxylic acids is 1. The smallest absolute Gasteiger partial charge is 0.346 e. The first-order valence-electron chi connectivity index (χ1n) is 7.33. The van der Waals surface area contributed by atoms with E-state index in [0.29, 0.717) is 11.1 Å². The van der Waals surface area contributed by atoms with Gasteiger partial charge in [-0.05, 0) is 22.3 Å². The third-order valence-corrected chi connectivity index (χ3v) is 5.83. The van der Waals surface area contributed by atoms with E-state index in [-0.39, 0.29) is 10.3 Å². The van der Waals surface area contributed by atoms with Gasteiger partial charge in [0.15, 0.2) is 0 Å². The zero-order valence-corrected chi connectivity index (χ0v) is 15.3. The maximum atomic E-state index is 11.6. The lowest BCUT2D eigenvalue weighted by Crippen LogP contribution is -2.10. The highest BCUT2D eigenvalue weighted by atomic mass is 32.2. The predicted octanol–water partition coefficient (Wildman–Crippen LogP) is 5.39. The van der Waals surface area contributed by atoms with Crippen LogP contribution < -0.4 is 0 Å². The molecule has 0 aliphatic heterocycles. The van der Waals surface area contributed by atoms with E-state index in [1.165, 1.54) is 28.7 Å². The molecule has 0 radical (unpaired) electrons. The Labute approximate surface area is 145 Å². The minimum Gasteiger partial charge on any atom is -0.477 e. The first-order chi connectivity index (χ1) is 10.8. The van der Waals surface area contributed by atoms with Crippen LogP contribution in [0.5, 0.6) is 0 Å². The summed E-state index contributed by atoms with van der Waals surface area (Å²) in [7, 11) is 0. The van der Waals surface area contributed by atoms with Gasteiger partial charge in [0, 0.05) is 5.56 Å². The first kappa shape index (κ1) is 17.6. The van der Waals surface area contributed by atoms with Crippen molar-refractivity contribution in [3.8, 4) is 17.2 Å². The number of hydrogen-bond donors (Lipinski definition) is 1. The topological polar surface area (TPSA) is 61.1 Å². The number of carboxylic acid groups (broad SMARTS) is 1. The largest absolute Gasteiger partial charge is 0.477 e. The third-order valence-electron chi connectivity index (χ3n) is 3.50. The van der Waals surface area contributed by atoms with Gasteiger partial charge in [0.25, 0.3) is 0 Å². The lowest BCUT2D eigenvalue weighted by atomic mass is 9.86. The van der Waals surface area contributed by atoms with E-state index in [0.717, 1.165) is 15.5 Å². The quantitative estimate of drug-likeness (QED) is 0.754. The summed E-state index contributed by atoms with van der Waals surface area (Å²) in [6.07, 6.45) is 0. The van der Waals surface area contributed by atoms with Crippen LogP contribution in [0.2, 0.25) is 0 Å². The normalized spacial score (nSPS) is 11.3. The van der Waals surface area contributed by atoms with Gasteiger partial charge in [-0.3, -0.25) is 0 Å². The van der Waals surface area contributed by atoms with Crippen molar-refractivity contribution in [3.63, 3.8) is 0 Å². The molecule has 5 heteroatoms. The summed E-state index contributed by atoms with van der Waals surface area (Å²) in [5, 5.41) is 19.0. The van der Waals surface area contributed by atoms with Crippen LogP contribution >= 0.6 is 23.1 Å². The molecule has 2 rings (SSSR count). The lowest BCUT2D eigenvalue weighted by molar-refractivity contribution is 0.0703. The molecular weight excluding hydrogens is 326 g/mol. The number of rotatable bonds is 4. The van der Waals surface area contributed by atoms with E-state index in [2.05, 4.69) is 26.8 Å². The minimum absolute atomic E-state index is 0.0318. The molecule has 120 valence electrons. The van der Waals surface area contributed by atoms with Crippen molar-refractivity contribution < 1.29 is 9.90 Å².